The van der Waals surface area contributed by atoms with Crippen molar-refractivity contribution in [3.8, 4) is 0 Å². The van der Waals surface area contributed by atoms with Crippen molar-refractivity contribution in [2.45, 2.75) is 32.0 Å². The van der Waals surface area contributed by atoms with Gasteiger partial charge in [-0.3, -0.25) is 9.59 Å². The third-order valence-corrected chi connectivity index (χ3v) is 4.42. The second-order valence-electron chi connectivity index (χ2n) is 4.95. The summed E-state index contributed by atoms with van der Waals surface area (Å²) in [6.07, 6.45) is 2.59. The van der Waals surface area contributed by atoms with Crippen LogP contribution in [0.25, 0.3) is 0 Å². The summed E-state index contributed by atoms with van der Waals surface area (Å²) in [7, 11) is 0. The monoisotopic (exact) mass is 304 g/mol. The lowest BCUT2D eigenvalue weighted by Crippen LogP contribution is -2.43. The summed E-state index contributed by atoms with van der Waals surface area (Å²) in [5.74, 6) is 0.632. The van der Waals surface area contributed by atoms with E-state index >= 15 is 0 Å². The van der Waals surface area contributed by atoms with Crippen LogP contribution in [0.4, 0.5) is 0 Å². The molecule has 5 nitrogen and oxygen atoms in total. The van der Waals surface area contributed by atoms with Crippen LogP contribution in [0.2, 0.25) is 0 Å². The highest BCUT2D eigenvalue weighted by Crippen LogP contribution is 2.23. The lowest BCUT2D eigenvalue weighted by Gasteiger charge is -2.23. The molecule has 0 radical (unpaired) electrons. The second kappa shape index (κ2) is 6.13. The maximum absolute atomic E-state index is 12.3. The van der Waals surface area contributed by atoms with Crippen molar-refractivity contribution in [3.63, 3.8) is 0 Å². The molecular formula is C15H16N2O3S. The van der Waals surface area contributed by atoms with Gasteiger partial charge in [0.15, 0.2) is 0 Å². The van der Waals surface area contributed by atoms with Crippen LogP contribution in [-0.2, 0) is 22.7 Å². The van der Waals surface area contributed by atoms with Crippen LogP contribution in [0.3, 0.4) is 0 Å². The van der Waals surface area contributed by atoms with Gasteiger partial charge >= 0.3 is 0 Å². The minimum Gasteiger partial charge on any atom is -0.467 e. The molecule has 1 unspecified atom stereocenters. The first-order chi connectivity index (χ1) is 10.2. The number of likely N-dealkylation sites (tertiary alicyclic amines) is 1. The molecule has 3 rings (SSSR count). The summed E-state index contributed by atoms with van der Waals surface area (Å²) in [6.45, 7) is 0.860. The van der Waals surface area contributed by atoms with Crippen molar-refractivity contribution in [2.75, 3.05) is 0 Å². The average Bonchev–Trinajstić information content (AvgIpc) is 3.21. The molecular weight excluding hydrogens is 288 g/mol. The molecule has 0 saturated carbocycles. The molecule has 2 aromatic rings. The van der Waals surface area contributed by atoms with Gasteiger partial charge in [0.2, 0.25) is 11.8 Å². The predicted octanol–water partition coefficient (Wildman–Crippen LogP) is 2.15. The second-order valence-corrected chi connectivity index (χ2v) is 5.98. The molecule has 0 aromatic carbocycles. The summed E-state index contributed by atoms with van der Waals surface area (Å²) >= 11 is 1.60. The molecule has 6 heteroatoms. The molecule has 0 spiro atoms. The van der Waals surface area contributed by atoms with Crippen molar-refractivity contribution in [1.29, 1.82) is 0 Å². The molecule has 1 aliphatic heterocycles. The SMILES string of the molecule is O=C(NCc1ccco1)C1CCC(=O)N1Cc1cccs1. The van der Waals surface area contributed by atoms with E-state index < -0.39 is 0 Å². The van der Waals surface area contributed by atoms with Crippen molar-refractivity contribution in [3.05, 3.63) is 46.5 Å². The lowest BCUT2D eigenvalue weighted by atomic mass is 10.2. The van der Waals surface area contributed by atoms with Gasteiger partial charge in [0.05, 0.1) is 19.4 Å². The van der Waals surface area contributed by atoms with Crippen LogP contribution in [-0.4, -0.2) is 22.8 Å². The van der Waals surface area contributed by atoms with E-state index in [2.05, 4.69) is 5.32 Å². The number of thiophene rings is 1. The zero-order valence-electron chi connectivity index (χ0n) is 11.5. The van der Waals surface area contributed by atoms with Gasteiger partial charge in [-0.05, 0) is 30.0 Å². The van der Waals surface area contributed by atoms with Crippen LogP contribution >= 0.6 is 11.3 Å². The number of hydrogen-bond acceptors (Lipinski definition) is 4. The molecule has 1 fully saturated rings. The third kappa shape index (κ3) is 3.16. The Bertz CT molecular complexity index is 607. The fourth-order valence-corrected chi connectivity index (χ4v) is 3.18. The standard InChI is InChI=1S/C15H16N2O3S/c18-14-6-5-13(17(14)10-12-4-2-8-21-12)15(19)16-9-11-3-1-7-20-11/h1-4,7-8,13H,5-6,9-10H2,(H,16,19). The van der Waals surface area contributed by atoms with Crippen LogP contribution in [0.1, 0.15) is 23.5 Å². The third-order valence-electron chi connectivity index (χ3n) is 3.55. The quantitative estimate of drug-likeness (QED) is 0.920. The van der Waals surface area contributed by atoms with E-state index in [9.17, 15) is 9.59 Å². The van der Waals surface area contributed by atoms with Crippen LogP contribution < -0.4 is 5.32 Å². The summed E-state index contributed by atoms with van der Waals surface area (Å²) in [4.78, 5) is 27.0. The number of rotatable bonds is 5. The number of carbonyl (C=O) groups is 2. The summed E-state index contributed by atoms with van der Waals surface area (Å²) < 4.78 is 5.19. The van der Waals surface area contributed by atoms with Gasteiger partial charge in [0, 0.05) is 11.3 Å². The van der Waals surface area contributed by atoms with Crippen molar-refractivity contribution < 1.29 is 14.0 Å². The molecule has 2 amide bonds. The van der Waals surface area contributed by atoms with Gasteiger partial charge in [-0.2, -0.15) is 0 Å². The average molecular weight is 304 g/mol. The van der Waals surface area contributed by atoms with Crippen molar-refractivity contribution in [2.24, 2.45) is 0 Å². The van der Waals surface area contributed by atoms with Crippen molar-refractivity contribution >= 4 is 23.2 Å². The Kier molecular flexibility index (Phi) is 4.06. The zero-order valence-corrected chi connectivity index (χ0v) is 12.3. The molecule has 21 heavy (non-hydrogen) atoms. The van der Waals surface area contributed by atoms with Crippen LogP contribution in [0.15, 0.2) is 40.3 Å². The van der Waals surface area contributed by atoms with Gasteiger partial charge < -0.3 is 14.6 Å². The molecule has 1 aliphatic rings. The van der Waals surface area contributed by atoms with Crippen LogP contribution in [0.5, 0.6) is 0 Å². The van der Waals surface area contributed by atoms with Gasteiger partial charge in [-0.15, -0.1) is 11.3 Å². The topological polar surface area (TPSA) is 62.6 Å². The molecule has 2 aromatic heterocycles. The Balaban J connectivity index is 1.62. The zero-order chi connectivity index (χ0) is 14.7. The molecule has 0 bridgehead atoms. The number of nitrogens with one attached hydrogen (secondary N) is 1. The number of furan rings is 1. The Labute approximate surface area is 126 Å². The van der Waals surface area contributed by atoms with Gasteiger partial charge in [0.25, 0.3) is 0 Å². The molecule has 110 valence electrons. The first-order valence-electron chi connectivity index (χ1n) is 6.86. The largest absolute Gasteiger partial charge is 0.467 e. The summed E-state index contributed by atoms with van der Waals surface area (Å²) in [5, 5.41) is 4.81. The highest BCUT2D eigenvalue weighted by molar-refractivity contribution is 7.09. The van der Waals surface area contributed by atoms with Crippen molar-refractivity contribution in [1.82, 2.24) is 10.2 Å². The van der Waals surface area contributed by atoms with E-state index in [1.165, 1.54) is 0 Å². The fourth-order valence-electron chi connectivity index (χ4n) is 2.48. The number of nitrogens with zero attached hydrogens (tertiary/aromatic N) is 1. The first kappa shape index (κ1) is 13.9. The van der Waals surface area contributed by atoms with E-state index in [0.717, 1.165) is 4.88 Å². The minimum atomic E-state index is -0.380. The summed E-state index contributed by atoms with van der Waals surface area (Å²) in [6, 6.07) is 7.14. The van der Waals surface area contributed by atoms with E-state index in [4.69, 9.17) is 4.42 Å². The lowest BCUT2D eigenvalue weighted by molar-refractivity contribution is -0.135. The number of amides is 2. The van der Waals surface area contributed by atoms with E-state index in [1.54, 1.807) is 28.6 Å². The predicted molar refractivity (Wildman–Crippen MR) is 78.4 cm³/mol. The molecule has 1 N–H and O–H groups in total. The Hall–Kier alpha value is -2.08. The number of carbonyl (C=O) groups excluding carboxylic acids is 2. The number of hydrogen-bond donors (Lipinski definition) is 1. The Morgan fingerprint density at radius 3 is 3.05 bits per heavy atom. The van der Waals surface area contributed by atoms with E-state index in [-0.39, 0.29) is 17.9 Å². The minimum absolute atomic E-state index is 0.0431. The summed E-state index contributed by atoms with van der Waals surface area (Å²) in [5.41, 5.74) is 0. The van der Waals surface area contributed by atoms with Crippen LogP contribution in [0, 0.1) is 0 Å². The first-order valence-corrected chi connectivity index (χ1v) is 7.74. The van der Waals surface area contributed by atoms with E-state index in [1.807, 2.05) is 23.6 Å². The van der Waals surface area contributed by atoms with Gasteiger partial charge in [0.1, 0.15) is 11.8 Å². The smallest absolute Gasteiger partial charge is 0.243 e. The molecule has 1 atom stereocenters. The van der Waals surface area contributed by atoms with Gasteiger partial charge in [-0.1, -0.05) is 6.07 Å². The molecule has 0 aliphatic carbocycles. The Morgan fingerprint density at radius 1 is 1.43 bits per heavy atom. The normalized spacial score (nSPS) is 18.2. The maximum atomic E-state index is 12.3. The highest BCUT2D eigenvalue weighted by Gasteiger charge is 2.35. The maximum Gasteiger partial charge on any atom is 0.243 e. The highest BCUT2D eigenvalue weighted by atomic mass is 32.1. The van der Waals surface area contributed by atoms with Gasteiger partial charge in [-0.25, -0.2) is 0 Å². The fraction of sp³-hybridized carbons (Fsp3) is 0.333. The molecule has 3 heterocycles. The Morgan fingerprint density at radius 2 is 2.33 bits per heavy atom. The molecule has 1 saturated heterocycles. The van der Waals surface area contributed by atoms with E-state index in [0.29, 0.717) is 31.7 Å².